The summed E-state index contributed by atoms with van der Waals surface area (Å²) in [6, 6.07) is 0. The molecular formula is C12H29N2+. The number of hydrogen-bond acceptors (Lipinski definition) is 1. The number of nitrogens with two attached hydrogens (primary N) is 1. The molecule has 0 bridgehead atoms. The summed E-state index contributed by atoms with van der Waals surface area (Å²) in [5.41, 5.74) is 0.331. The first-order chi connectivity index (χ1) is 6.48. The predicted molar refractivity (Wildman–Crippen MR) is 63.6 cm³/mol. The summed E-state index contributed by atoms with van der Waals surface area (Å²) in [5.74, 6) is 0. The van der Waals surface area contributed by atoms with Gasteiger partial charge < -0.3 is 10.2 Å². The van der Waals surface area contributed by atoms with Crippen molar-refractivity contribution in [2.24, 2.45) is 0 Å². The first kappa shape index (κ1) is 13.9. The van der Waals surface area contributed by atoms with E-state index in [1.807, 2.05) is 0 Å². The lowest BCUT2D eigenvalue weighted by Gasteiger charge is -2.31. The number of quaternary nitrogens is 1. The van der Waals surface area contributed by atoms with E-state index in [0.29, 0.717) is 5.54 Å². The molecule has 0 radical (unpaired) electrons. The Morgan fingerprint density at radius 2 is 1.57 bits per heavy atom. The van der Waals surface area contributed by atoms with Crippen LogP contribution in [-0.4, -0.2) is 37.6 Å². The van der Waals surface area contributed by atoms with Crippen molar-refractivity contribution < 1.29 is 5.32 Å². The Labute approximate surface area is 90.1 Å². The molecule has 2 N–H and O–H groups in total. The van der Waals surface area contributed by atoms with Gasteiger partial charge in [0.15, 0.2) is 0 Å². The molecule has 0 heterocycles. The van der Waals surface area contributed by atoms with Crippen molar-refractivity contribution in [3.63, 3.8) is 0 Å². The third-order valence-electron chi connectivity index (χ3n) is 2.88. The summed E-state index contributed by atoms with van der Waals surface area (Å²) >= 11 is 0. The standard InChI is InChI=1S/C12H28N2/c1-12(2,3)14(5)11-9-7-6-8-10-13-4/h13H,6-11H2,1-5H3/p+1. The Morgan fingerprint density at radius 1 is 1.00 bits per heavy atom. The van der Waals surface area contributed by atoms with E-state index in [2.05, 4.69) is 45.1 Å². The van der Waals surface area contributed by atoms with E-state index >= 15 is 0 Å². The maximum atomic E-state index is 2.44. The fourth-order valence-electron chi connectivity index (χ4n) is 1.39. The second-order valence-electron chi connectivity index (χ2n) is 5.20. The maximum absolute atomic E-state index is 2.44. The zero-order valence-corrected chi connectivity index (χ0v) is 10.8. The van der Waals surface area contributed by atoms with E-state index in [4.69, 9.17) is 0 Å². The maximum Gasteiger partial charge on any atom is 0.0753 e. The third kappa shape index (κ3) is 7.34. The fraction of sp³-hybridized carbons (Fsp3) is 1.00. The highest BCUT2D eigenvalue weighted by Gasteiger charge is 2.15. The molecule has 0 aliphatic rings. The van der Waals surface area contributed by atoms with Crippen molar-refractivity contribution in [2.75, 3.05) is 27.2 Å². The van der Waals surface area contributed by atoms with Crippen LogP contribution in [0.25, 0.3) is 0 Å². The van der Waals surface area contributed by atoms with Crippen LogP contribution in [0.4, 0.5) is 0 Å². The normalized spacial score (nSPS) is 12.4. The number of unbranched alkanes of at least 4 members (excludes halogenated alkanes) is 3. The van der Waals surface area contributed by atoms with Gasteiger partial charge in [0, 0.05) is 5.54 Å². The minimum absolute atomic E-state index is 0.331. The van der Waals surface area contributed by atoms with Crippen LogP contribution in [0.5, 0.6) is 0 Å². The van der Waals surface area contributed by atoms with E-state index < -0.39 is 0 Å². The summed E-state index contributed by atoms with van der Waals surface area (Å²) in [4.78, 5) is 2.44. The summed E-state index contributed by atoms with van der Waals surface area (Å²) < 4.78 is 0. The minimum atomic E-state index is 0.331. The van der Waals surface area contributed by atoms with Gasteiger partial charge in [-0.2, -0.15) is 0 Å². The van der Waals surface area contributed by atoms with Crippen LogP contribution in [0.3, 0.4) is 0 Å². The van der Waals surface area contributed by atoms with Gasteiger partial charge in [-0.25, -0.2) is 0 Å². The lowest BCUT2D eigenvalue weighted by Crippen LogP contribution is -2.79. The molecule has 0 aromatic carbocycles. The van der Waals surface area contributed by atoms with Crippen LogP contribution in [0.1, 0.15) is 46.5 Å². The van der Waals surface area contributed by atoms with Crippen LogP contribution < -0.4 is 5.32 Å². The molecule has 0 amide bonds. The van der Waals surface area contributed by atoms with E-state index in [1.54, 1.807) is 0 Å². The molecule has 0 saturated heterocycles. The molecule has 0 spiro atoms. The van der Waals surface area contributed by atoms with Crippen molar-refractivity contribution in [3.05, 3.63) is 0 Å². The molecule has 0 fully saturated rings. The molecule has 0 aliphatic heterocycles. The van der Waals surface area contributed by atoms with Crippen LogP contribution >= 0.6 is 0 Å². The molecule has 0 aromatic heterocycles. The highest BCUT2D eigenvalue weighted by molar-refractivity contribution is 4.72. The molecule has 0 aromatic rings. The lowest BCUT2D eigenvalue weighted by atomic mass is 10.1. The van der Waals surface area contributed by atoms with Crippen LogP contribution in [0.15, 0.2) is 0 Å². The summed E-state index contributed by atoms with van der Waals surface area (Å²) in [6.07, 6.45) is 5.49. The van der Waals surface area contributed by atoms with Gasteiger partial charge in [-0.15, -0.1) is 0 Å². The van der Waals surface area contributed by atoms with Gasteiger partial charge in [0.05, 0.1) is 13.6 Å². The quantitative estimate of drug-likeness (QED) is 0.618. The number of hydrogen-bond donors (Lipinski definition) is 1. The molecule has 2 heteroatoms. The zero-order chi connectivity index (χ0) is 11.0. The van der Waals surface area contributed by atoms with Crippen molar-refractivity contribution in [1.29, 1.82) is 0 Å². The Bertz CT molecular complexity index is 127. The van der Waals surface area contributed by atoms with Gasteiger partial charge in [0.2, 0.25) is 0 Å². The Balaban J connectivity index is 3.28. The second-order valence-corrected chi connectivity index (χ2v) is 5.20. The first-order valence-corrected chi connectivity index (χ1v) is 5.97. The number of rotatable bonds is 7. The first-order valence-electron chi connectivity index (χ1n) is 5.97. The van der Waals surface area contributed by atoms with E-state index in [0.717, 1.165) is 0 Å². The average Bonchev–Trinajstić information content (AvgIpc) is 2.09. The lowest BCUT2D eigenvalue weighted by molar-refractivity contribution is -0.627. The SMILES string of the molecule is C[NH2+]CCCCCCN(C)C(C)(C)C. The average molecular weight is 201 g/mol. The molecule has 0 rings (SSSR count). The van der Waals surface area contributed by atoms with E-state index in [-0.39, 0.29) is 0 Å². The Morgan fingerprint density at radius 3 is 2.07 bits per heavy atom. The van der Waals surface area contributed by atoms with Gasteiger partial charge in [0.1, 0.15) is 0 Å². The molecule has 86 valence electrons. The van der Waals surface area contributed by atoms with Crippen molar-refractivity contribution in [2.45, 2.75) is 52.0 Å². The highest BCUT2D eigenvalue weighted by atomic mass is 15.1. The third-order valence-corrected chi connectivity index (χ3v) is 2.88. The van der Waals surface area contributed by atoms with Gasteiger partial charge in [-0.3, -0.25) is 0 Å². The van der Waals surface area contributed by atoms with Gasteiger partial charge in [0.25, 0.3) is 0 Å². The molecule has 0 saturated carbocycles. The number of nitrogens with zero attached hydrogens (tertiary/aromatic N) is 1. The van der Waals surface area contributed by atoms with Gasteiger partial charge in [-0.05, 0) is 53.6 Å². The predicted octanol–water partition coefficient (Wildman–Crippen LogP) is 1.47. The monoisotopic (exact) mass is 201 g/mol. The van der Waals surface area contributed by atoms with Crippen molar-refractivity contribution in [3.8, 4) is 0 Å². The minimum Gasteiger partial charge on any atom is -0.349 e. The van der Waals surface area contributed by atoms with E-state index in [1.165, 1.54) is 38.8 Å². The summed E-state index contributed by atoms with van der Waals surface area (Å²) in [6.45, 7) is 9.35. The van der Waals surface area contributed by atoms with E-state index in [9.17, 15) is 0 Å². The molecule has 2 nitrogen and oxygen atoms in total. The highest BCUT2D eigenvalue weighted by Crippen LogP contribution is 2.11. The van der Waals surface area contributed by atoms with Gasteiger partial charge in [-0.1, -0.05) is 6.42 Å². The Hall–Kier alpha value is -0.0800. The zero-order valence-electron chi connectivity index (χ0n) is 10.8. The van der Waals surface area contributed by atoms with Crippen molar-refractivity contribution >= 4 is 0 Å². The smallest absolute Gasteiger partial charge is 0.0753 e. The fourth-order valence-corrected chi connectivity index (χ4v) is 1.39. The molecule has 0 atom stereocenters. The molecule has 0 unspecified atom stereocenters. The molecule has 0 aliphatic carbocycles. The largest absolute Gasteiger partial charge is 0.349 e. The molecule has 14 heavy (non-hydrogen) atoms. The topological polar surface area (TPSA) is 19.9 Å². The van der Waals surface area contributed by atoms with Crippen LogP contribution in [-0.2, 0) is 0 Å². The van der Waals surface area contributed by atoms with Gasteiger partial charge >= 0.3 is 0 Å². The van der Waals surface area contributed by atoms with Crippen LogP contribution in [0.2, 0.25) is 0 Å². The molecular weight excluding hydrogens is 172 g/mol. The van der Waals surface area contributed by atoms with Crippen LogP contribution in [0, 0.1) is 0 Å². The summed E-state index contributed by atoms with van der Waals surface area (Å²) in [5, 5.41) is 2.27. The summed E-state index contributed by atoms with van der Waals surface area (Å²) in [7, 11) is 4.37. The second kappa shape index (κ2) is 7.24. The Kier molecular flexibility index (Phi) is 7.20. The van der Waals surface area contributed by atoms with Crippen molar-refractivity contribution in [1.82, 2.24) is 4.90 Å².